The van der Waals surface area contributed by atoms with Crippen molar-refractivity contribution in [3.63, 3.8) is 0 Å². The summed E-state index contributed by atoms with van der Waals surface area (Å²) in [4.78, 5) is 1.88. The molecule has 1 aliphatic heterocycles. The number of aryl methyl sites for hydroxylation is 1. The van der Waals surface area contributed by atoms with Gasteiger partial charge in [-0.15, -0.1) is 5.10 Å². The van der Waals surface area contributed by atoms with Crippen LogP contribution < -0.4 is 4.90 Å². The van der Waals surface area contributed by atoms with Gasteiger partial charge in [0.25, 0.3) is 0 Å². The van der Waals surface area contributed by atoms with Crippen LogP contribution in [0, 0.1) is 0 Å². The van der Waals surface area contributed by atoms with E-state index in [0.717, 1.165) is 30.3 Å². The van der Waals surface area contributed by atoms with Crippen molar-refractivity contribution in [2.75, 3.05) is 11.4 Å². The standard InChI is InChI=1S/C16H14Cl2F3N3/c1-9(11-7-10(17)4-5-12(11)16(19,20)21)24-6-2-3-13-14(24)8-15(18)23-22-13/h4-5,7-9H,2-3,6H2,1H3. The summed E-state index contributed by atoms with van der Waals surface area (Å²) in [5, 5.41) is 8.37. The highest BCUT2D eigenvalue weighted by Crippen LogP contribution is 2.40. The van der Waals surface area contributed by atoms with E-state index in [0.29, 0.717) is 6.54 Å². The normalized spacial score (nSPS) is 16.0. The summed E-state index contributed by atoms with van der Waals surface area (Å²) in [7, 11) is 0. The Morgan fingerprint density at radius 1 is 1.17 bits per heavy atom. The van der Waals surface area contributed by atoms with Crippen LogP contribution in [0.5, 0.6) is 0 Å². The second kappa shape index (κ2) is 6.41. The van der Waals surface area contributed by atoms with E-state index in [2.05, 4.69) is 10.2 Å². The molecule has 0 bridgehead atoms. The Bertz CT molecular complexity index is 765. The van der Waals surface area contributed by atoms with E-state index >= 15 is 0 Å². The average molecular weight is 376 g/mol. The van der Waals surface area contributed by atoms with Gasteiger partial charge in [-0.3, -0.25) is 0 Å². The number of alkyl halides is 3. The van der Waals surface area contributed by atoms with E-state index < -0.39 is 17.8 Å². The first-order chi connectivity index (χ1) is 11.3. The molecule has 1 aromatic heterocycles. The molecular weight excluding hydrogens is 362 g/mol. The zero-order valence-corrected chi connectivity index (χ0v) is 14.3. The number of rotatable bonds is 2. The molecule has 0 radical (unpaired) electrons. The second-order valence-corrected chi connectivity index (χ2v) is 6.52. The van der Waals surface area contributed by atoms with Gasteiger partial charge in [0.05, 0.1) is 23.0 Å². The quantitative estimate of drug-likeness (QED) is 0.711. The van der Waals surface area contributed by atoms with Gasteiger partial charge in [0.2, 0.25) is 0 Å². The van der Waals surface area contributed by atoms with E-state index in [-0.39, 0.29) is 15.7 Å². The lowest BCUT2D eigenvalue weighted by Crippen LogP contribution is -2.33. The molecule has 0 amide bonds. The van der Waals surface area contributed by atoms with Gasteiger partial charge in [-0.2, -0.15) is 18.3 Å². The Hall–Kier alpha value is -1.53. The minimum Gasteiger partial charge on any atom is -0.363 e. The van der Waals surface area contributed by atoms with Gasteiger partial charge in [0, 0.05) is 17.6 Å². The third-order valence-corrected chi connectivity index (χ3v) is 4.60. The zero-order chi connectivity index (χ0) is 17.5. The Morgan fingerprint density at radius 2 is 1.92 bits per heavy atom. The molecule has 1 unspecified atom stereocenters. The van der Waals surface area contributed by atoms with Gasteiger partial charge in [-0.1, -0.05) is 23.2 Å². The minimum absolute atomic E-state index is 0.135. The molecule has 1 aromatic carbocycles. The topological polar surface area (TPSA) is 29.0 Å². The van der Waals surface area contributed by atoms with Gasteiger partial charge in [0.15, 0.2) is 5.15 Å². The lowest BCUT2D eigenvalue weighted by molar-refractivity contribution is -0.138. The fourth-order valence-electron chi connectivity index (χ4n) is 3.06. The second-order valence-electron chi connectivity index (χ2n) is 5.70. The fourth-order valence-corrected chi connectivity index (χ4v) is 3.38. The largest absolute Gasteiger partial charge is 0.416 e. The number of benzene rings is 1. The molecule has 0 spiro atoms. The van der Waals surface area contributed by atoms with Crippen molar-refractivity contribution in [1.82, 2.24) is 10.2 Å². The highest BCUT2D eigenvalue weighted by Gasteiger charge is 2.36. The number of halogens is 5. The minimum atomic E-state index is -4.44. The molecule has 2 heterocycles. The summed E-state index contributed by atoms with van der Waals surface area (Å²) < 4.78 is 40.1. The maximum atomic E-state index is 13.4. The van der Waals surface area contributed by atoms with Crippen LogP contribution in [-0.4, -0.2) is 16.7 Å². The number of nitrogens with zero attached hydrogens (tertiary/aromatic N) is 3. The van der Waals surface area contributed by atoms with E-state index in [1.165, 1.54) is 12.1 Å². The predicted molar refractivity (Wildman–Crippen MR) is 87.6 cm³/mol. The summed E-state index contributed by atoms with van der Waals surface area (Å²) in [5.41, 5.74) is 0.922. The first-order valence-corrected chi connectivity index (χ1v) is 8.18. The molecule has 24 heavy (non-hydrogen) atoms. The van der Waals surface area contributed by atoms with Crippen LogP contribution in [0.25, 0.3) is 0 Å². The molecule has 2 aromatic rings. The first kappa shape index (κ1) is 17.3. The van der Waals surface area contributed by atoms with Crippen LogP contribution in [0.2, 0.25) is 10.2 Å². The lowest BCUT2D eigenvalue weighted by Gasteiger charge is -2.36. The van der Waals surface area contributed by atoms with Crippen molar-refractivity contribution in [2.24, 2.45) is 0 Å². The van der Waals surface area contributed by atoms with E-state index in [1.807, 2.05) is 4.90 Å². The number of fused-ring (bicyclic) bond motifs is 1. The Labute approximate surface area is 147 Å². The summed E-state index contributed by atoms with van der Waals surface area (Å²) in [6.45, 7) is 2.34. The van der Waals surface area contributed by atoms with Gasteiger partial charge < -0.3 is 4.90 Å². The maximum absolute atomic E-state index is 13.4. The number of anilines is 1. The smallest absolute Gasteiger partial charge is 0.363 e. The molecule has 0 fully saturated rings. The highest BCUT2D eigenvalue weighted by atomic mass is 35.5. The molecule has 1 aliphatic rings. The molecule has 0 aliphatic carbocycles. The molecule has 0 saturated carbocycles. The Kier molecular flexibility index (Phi) is 4.62. The molecule has 3 rings (SSSR count). The third-order valence-electron chi connectivity index (χ3n) is 4.18. The molecular formula is C16H14Cl2F3N3. The van der Waals surface area contributed by atoms with Crippen LogP contribution in [0.3, 0.4) is 0 Å². The molecule has 0 saturated heterocycles. The van der Waals surface area contributed by atoms with Gasteiger partial charge in [-0.25, -0.2) is 0 Å². The molecule has 8 heteroatoms. The van der Waals surface area contributed by atoms with Crippen molar-refractivity contribution in [2.45, 2.75) is 32.0 Å². The third kappa shape index (κ3) is 3.30. The van der Waals surface area contributed by atoms with Crippen LogP contribution >= 0.6 is 23.2 Å². The first-order valence-electron chi connectivity index (χ1n) is 7.43. The van der Waals surface area contributed by atoms with Crippen molar-refractivity contribution in [1.29, 1.82) is 0 Å². The van der Waals surface area contributed by atoms with Crippen molar-refractivity contribution in [3.05, 3.63) is 51.3 Å². The van der Waals surface area contributed by atoms with Crippen LogP contribution in [-0.2, 0) is 12.6 Å². The Morgan fingerprint density at radius 3 is 2.62 bits per heavy atom. The SMILES string of the molecule is CC(c1cc(Cl)ccc1C(F)(F)F)N1CCCc2nnc(Cl)cc21. The summed E-state index contributed by atoms with van der Waals surface area (Å²) in [6.07, 6.45) is -2.93. The lowest BCUT2D eigenvalue weighted by atomic mass is 9.97. The molecule has 1 atom stereocenters. The predicted octanol–water partition coefficient (Wildman–Crippen LogP) is 5.32. The number of hydrogen-bond donors (Lipinski definition) is 0. The summed E-state index contributed by atoms with van der Waals surface area (Å²) in [5.74, 6) is 0. The van der Waals surface area contributed by atoms with E-state index in [9.17, 15) is 13.2 Å². The maximum Gasteiger partial charge on any atom is 0.416 e. The van der Waals surface area contributed by atoms with E-state index in [1.54, 1.807) is 13.0 Å². The van der Waals surface area contributed by atoms with Crippen LogP contribution in [0.15, 0.2) is 24.3 Å². The van der Waals surface area contributed by atoms with Crippen molar-refractivity contribution < 1.29 is 13.2 Å². The average Bonchev–Trinajstić information content (AvgIpc) is 2.52. The summed E-state index contributed by atoms with van der Waals surface area (Å²) in [6, 6.07) is 4.78. The Balaban J connectivity index is 2.07. The van der Waals surface area contributed by atoms with Crippen LogP contribution in [0.1, 0.15) is 36.2 Å². The molecule has 0 N–H and O–H groups in total. The number of hydrogen-bond acceptors (Lipinski definition) is 3. The molecule has 3 nitrogen and oxygen atoms in total. The van der Waals surface area contributed by atoms with E-state index in [4.69, 9.17) is 23.2 Å². The summed E-state index contributed by atoms with van der Waals surface area (Å²) >= 11 is 11.9. The highest BCUT2D eigenvalue weighted by molar-refractivity contribution is 6.30. The van der Waals surface area contributed by atoms with Gasteiger partial charge in [-0.05, 0) is 43.5 Å². The van der Waals surface area contributed by atoms with Gasteiger partial charge >= 0.3 is 6.18 Å². The fraction of sp³-hybridized carbons (Fsp3) is 0.375. The number of aromatic nitrogens is 2. The van der Waals surface area contributed by atoms with Gasteiger partial charge in [0.1, 0.15) is 0 Å². The van der Waals surface area contributed by atoms with Crippen molar-refractivity contribution in [3.8, 4) is 0 Å². The molecule has 128 valence electrons. The monoisotopic (exact) mass is 375 g/mol. The van der Waals surface area contributed by atoms with Crippen LogP contribution in [0.4, 0.5) is 18.9 Å². The zero-order valence-electron chi connectivity index (χ0n) is 12.7. The van der Waals surface area contributed by atoms with Crippen molar-refractivity contribution >= 4 is 28.9 Å².